The first-order valence-electron chi connectivity index (χ1n) is 4.24. The van der Waals surface area contributed by atoms with Crippen LogP contribution in [0.3, 0.4) is 0 Å². The van der Waals surface area contributed by atoms with Gasteiger partial charge in [0.2, 0.25) is 10.0 Å². The summed E-state index contributed by atoms with van der Waals surface area (Å²) in [5.74, 6) is -1.06. The van der Waals surface area contributed by atoms with E-state index in [1.165, 1.54) is 6.20 Å². The van der Waals surface area contributed by atoms with E-state index >= 15 is 0 Å². The second-order valence-electron chi connectivity index (χ2n) is 3.81. The van der Waals surface area contributed by atoms with Crippen molar-refractivity contribution in [3.05, 3.63) is 12.3 Å². The SMILES string of the molecule is CC(C)(CN/C=C/C(=O)O)NS(C)(=O)=O. The highest BCUT2D eigenvalue weighted by atomic mass is 32.2. The van der Waals surface area contributed by atoms with E-state index in [2.05, 4.69) is 10.0 Å². The van der Waals surface area contributed by atoms with Gasteiger partial charge in [-0.1, -0.05) is 0 Å². The van der Waals surface area contributed by atoms with Gasteiger partial charge in [-0.15, -0.1) is 0 Å². The number of nitrogens with one attached hydrogen (secondary N) is 2. The fraction of sp³-hybridized carbons (Fsp3) is 0.625. The summed E-state index contributed by atoms with van der Waals surface area (Å²) < 4.78 is 24.3. The summed E-state index contributed by atoms with van der Waals surface area (Å²) in [6, 6.07) is 0. The lowest BCUT2D eigenvalue weighted by molar-refractivity contribution is -0.131. The van der Waals surface area contributed by atoms with Crippen molar-refractivity contribution in [3.8, 4) is 0 Å². The minimum absolute atomic E-state index is 0.295. The van der Waals surface area contributed by atoms with E-state index in [1.54, 1.807) is 13.8 Å². The molecule has 0 saturated heterocycles. The smallest absolute Gasteiger partial charge is 0.329 e. The third-order valence-electron chi connectivity index (χ3n) is 1.35. The van der Waals surface area contributed by atoms with Crippen molar-refractivity contribution in [2.45, 2.75) is 19.4 Å². The molecule has 0 unspecified atom stereocenters. The first kappa shape index (κ1) is 13.9. The van der Waals surface area contributed by atoms with Crippen molar-refractivity contribution in [2.75, 3.05) is 12.8 Å². The molecule has 0 aromatic carbocycles. The second-order valence-corrected chi connectivity index (χ2v) is 5.56. The summed E-state index contributed by atoms with van der Waals surface area (Å²) in [5, 5.41) is 11.0. The molecule has 0 heterocycles. The topological polar surface area (TPSA) is 95.5 Å². The van der Waals surface area contributed by atoms with Crippen LogP contribution in [0.25, 0.3) is 0 Å². The van der Waals surface area contributed by atoms with Gasteiger partial charge in [0.05, 0.1) is 6.26 Å². The highest BCUT2D eigenvalue weighted by Crippen LogP contribution is 2.01. The lowest BCUT2D eigenvalue weighted by atomic mass is 10.1. The van der Waals surface area contributed by atoms with E-state index in [9.17, 15) is 13.2 Å². The maximum absolute atomic E-state index is 10.9. The van der Waals surface area contributed by atoms with Crippen LogP contribution in [-0.2, 0) is 14.8 Å². The Hall–Kier alpha value is -1.08. The summed E-state index contributed by atoms with van der Waals surface area (Å²) in [6.45, 7) is 3.68. The van der Waals surface area contributed by atoms with Crippen LogP contribution in [0.5, 0.6) is 0 Å². The molecule has 0 radical (unpaired) electrons. The predicted molar refractivity (Wildman–Crippen MR) is 56.8 cm³/mol. The summed E-state index contributed by atoms with van der Waals surface area (Å²) in [5.41, 5.74) is -0.670. The Bertz CT molecular complexity index is 346. The van der Waals surface area contributed by atoms with Gasteiger partial charge in [-0.3, -0.25) is 0 Å². The van der Waals surface area contributed by atoms with Crippen LogP contribution in [0, 0.1) is 0 Å². The standard InChI is InChI=1S/C8H16N2O4S/c1-8(2,10-15(3,13)14)6-9-5-4-7(11)12/h4-5,9-10H,6H2,1-3H3,(H,11,12)/b5-4+. The van der Waals surface area contributed by atoms with Gasteiger partial charge in [-0.05, 0) is 13.8 Å². The van der Waals surface area contributed by atoms with Gasteiger partial charge in [-0.25, -0.2) is 17.9 Å². The first-order chi connectivity index (χ1) is 6.62. The molecule has 0 aromatic rings. The average molecular weight is 236 g/mol. The van der Waals surface area contributed by atoms with E-state index in [1.807, 2.05) is 0 Å². The van der Waals surface area contributed by atoms with Crippen LogP contribution in [-0.4, -0.2) is 37.8 Å². The van der Waals surface area contributed by atoms with Crippen molar-refractivity contribution < 1.29 is 18.3 Å². The third-order valence-corrected chi connectivity index (χ3v) is 2.27. The van der Waals surface area contributed by atoms with Gasteiger partial charge in [-0.2, -0.15) is 0 Å². The summed E-state index contributed by atoms with van der Waals surface area (Å²) in [7, 11) is -3.27. The molecule has 0 aliphatic carbocycles. The molecule has 7 heteroatoms. The van der Waals surface area contributed by atoms with E-state index in [0.717, 1.165) is 12.3 Å². The zero-order valence-electron chi connectivity index (χ0n) is 8.94. The fourth-order valence-electron chi connectivity index (χ4n) is 0.982. The molecule has 0 bridgehead atoms. The highest BCUT2D eigenvalue weighted by molar-refractivity contribution is 7.88. The maximum atomic E-state index is 10.9. The third kappa shape index (κ3) is 9.23. The molecular formula is C8H16N2O4S. The van der Waals surface area contributed by atoms with Crippen molar-refractivity contribution >= 4 is 16.0 Å². The molecule has 0 fully saturated rings. The van der Waals surface area contributed by atoms with E-state index in [0.29, 0.717) is 6.54 Å². The molecule has 0 rings (SSSR count). The zero-order valence-corrected chi connectivity index (χ0v) is 9.76. The molecule has 0 saturated carbocycles. The number of carboxylic acids is 1. The van der Waals surface area contributed by atoms with Crippen molar-refractivity contribution in [1.82, 2.24) is 10.0 Å². The molecule has 3 N–H and O–H groups in total. The number of hydrogen-bond donors (Lipinski definition) is 3. The van der Waals surface area contributed by atoms with Crippen molar-refractivity contribution in [1.29, 1.82) is 0 Å². The number of rotatable bonds is 6. The van der Waals surface area contributed by atoms with Gasteiger partial charge in [0.1, 0.15) is 0 Å². The molecule has 15 heavy (non-hydrogen) atoms. The Morgan fingerprint density at radius 2 is 2.00 bits per heavy atom. The number of hydrogen-bond acceptors (Lipinski definition) is 4. The van der Waals surface area contributed by atoms with Gasteiger partial charge in [0, 0.05) is 24.4 Å². The van der Waals surface area contributed by atoms with Crippen LogP contribution in [0.4, 0.5) is 0 Å². The van der Waals surface area contributed by atoms with E-state index in [-0.39, 0.29) is 0 Å². The molecule has 0 aliphatic heterocycles. The average Bonchev–Trinajstić information content (AvgIpc) is 1.93. The maximum Gasteiger partial charge on any atom is 0.329 e. The Kier molecular flexibility index (Phi) is 4.76. The van der Waals surface area contributed by atoms with Gasteiger partial charge >= 0.3 is 5.97 Å². The zero-order chi connectivity index (χ0) is 12.1. The summed E-state index contributed by atoms with van der Waals surface area (Å²) >= 11 is 0. The van der Waals surface area contributed by atoms with Crippen LogP contribution >= 0.6 is 0 Å². The molecule has 0 aromatic heterocycles. The monoisotopic (exact) mass is 236 g/mol. The Morgan fingerprint density at radius 3 is 2.40 bits per heavy atom. The molecule has 6 nitrogen and oxygen atoms in total. The normalized spacial score (nSPS) is 13.0. The highest BCUT2D eigenvalue weighted by Gasteiger charge is 2.20. The molecular weight excluding hydrogens is 220 g/mol. The first-order valence-corrected chi connectivity index (χ1v) is 6.13. The summed E-state index contributed by atoms with van der Waals surface area (Å²) in [4.78, 5) is 10.1. The lowest BCUT2D eigenvalue weighted by Gasteiger charge is -2.24. The molecule has 0 atom stereocenters. The van der Waals surface area contributed by atoms with Crippen molar-refractivity contribution in [3.63, 3.8) is 0 Å². The number of sulfonamides is 1. The van der Waals surface area contributed by atoms with Gasteiger partial charge in [0.25, 0.3) is 0 Å². The molecule has 0 aliphatic rings. The second kappa shape index (κ2) is 5.13. The number of aliphatic carboxylic acids is 1. The van der Waals surface area contributed by atoms with E-state index in [4.69, 9.17) is 5.11 Å². The molecule has 88 valence electrons. The molecule has 0 spiro atoms. The van der Waals surface area contributed by atoms with Crippen LogP contribution in [0.2, 0.25) is 0 Å². The van der Waals surface area contributed by atoms with Crippen LogP contribution in [0.1, 0.15) is 13.8 Å². The number of carbonyl (C=O) groups is 1. The quantitative estimate of drug-likeness (QED) is 0.540. The largest absolute Gasteiger partial charge is 0.478 e. The predicted octanol–water partition coefficient (Wildman–Crippen LogP) is -0.498. The lowest BCUT2D eigenvalue weighted by Crippen LogP contribution is -2.48. The van der Waals surface area contributed by atoms with E-state index < -0.39 is 21.5 Å². The fourth-order valence-corrected chi connectivity index (χ4v) is 2.06. The minimum Gasteiger partial charge on any atom is -0.478 e. The van der Waals surface area contributed by atoms with Crippen molar-refractivity contribution in [2.24, 2.45) is 0 Å². The minimum atomic E-state index is -3.27. The van der Waals surface area contributed by atoms with Crippen LogP contribution < -0.4 is 10.0 Å². The Labute approximate surface area is 89.4 Å². The summed E-state index contributed by atoms with van der Waals surface area (Å²) in [6.07, 6.45) is 3.27. The Morgan fingerprint density at radius 1 is 1.47 bits per heavy atom. The molecule has 0 amide bonds. The van der Waals surface area contributed by atoms with Gasteiger partial charge in [0.15, 0.2) is 0 Å². The number of carboxylic acid groups (broad SMARTS) is 1. The van der Waals surface area contributed by atoms with Crippen LogP contribution in [0.15, 0.2) is 12.3 Å². The van der Waals surface area contributed by atoms with Gasteiger partial charge < -0.3 is 10.4 Å². The Balaban J connectivity index is 4.11.